The fourth-order valence-electron chi connectivity index (χ4n) is 1.11. The summed E-state index contributed by atoms with van der Waals surface area (Å²) in [5.41, 5.74) is 0. The summed E-state index contributed by atoms with van der Waals surface area (Å²) in [6.45, 7) is 11.8. The van der Waals surface area contributed by atoms with Crippen LogP contribution in [0.25, 0.3) is 0 Å². The van der Waals surface area contributed by atoms with Crippen molar-refractivity contribution in [2.75, 3.05) is 13.2 Å². The first-order valence-corrected chi connectivity index (χ1v) is 6.38. The van der Waals surface area contributed by atoms with Crippen molar-refractivity contribution in [1.29, 1.82) is 0 Å². The highest BCUT2D eigenvalue weighted by Gasteiger charge is 2.27. The van der Waals surface area contributed by atoms with Crippen molar-refractivity contribution in [3.8, 4) is 0 Å². The van der Waals surface area contributed by atoms with E-state index >= 15 is 0 Å². The van der Waals surface area contributed by atoms with E-state index in [1.807, 2.05) is 27.7 Å². The molecule has 0 N–H and O–H groups in total. The largest absolute Gasteiger partial charge is 0.449 e. The minimum atomic E-state index is -0.646. The maximum atomic E-state index is 11.8. The van der Waals surface area contributed by atoms with E-state index in [-0.39, 0.29) is 17.9 Å². The van der Waals surface area contributed by atoms with Gasteiger partial charge in [0.15, 0.2) is 0 Å². The Kier molecular flexibility index (Phi) is 7.39. The lowest BCUT2D eigenvalue weighted by Gasteiger charge is -2.24. The molecule has 0 heterocycles. The fraction of sp³-hybridized carbons (Fsp3) is 0.846. The lowest BCUT2D eigenvalue weighted by molar-refractivity contribution is 0.0579. The average molecular weight is 259 g/mol. The van der Waals surface area contributed by atoms with E-state index in [2.05, 4.69) is 0 Å². The van der Waals surface area contributed by atoms with Crippen LogP contribution in [0.1, 0.15) is 41.5 Å². The monoisotopic (exact) mass is 259 g/mol. The quantitative estimate of drug-likeness (QED) is 0.760. The fourth-order valence-corrected chi connectivity index (χ4v) is 1.11. The summed E-state index contributed by atoms with van der Waals surface area (Å²) in [4.78, 5) is 24.6. The maximum absolute atomic E-state index is 11.8. The van der Waals surface area contributed by atoms with Gasteiger partial charge in [-0.05, 0) is 25.7 Å². The first kappa shape index (κ1) is 16.7. The van der Waals surface area contributed by atoms with Crippen LogP contribution in [0, 0.1) is 11.8 Å². The predicted molar refractivity (Wildman–Crippen MR) is 69.3 cm³/mol. The molecular weight excluding hydrogens is 234 g/mol. The molecule has 0 aromatic heterocycles. The van der Waals surface area contributed by atoms with Gasteiger partial charge in [0.05, 0.1) is 13.2 Å². The SMILES string of the molecule is CC(C)COC(=O)N(C(=O)OCC(C)C)C(C)C. The van der Waals surface area contributed by atoms with Gasteiger partial charge in [-0.15, -0.1) is 0 Å². The molecule has 0 radical (unpaired) electrons. The second-order valence-corrected chi connectivity index (χ2v) is 5.41. The molecule has 0 saturated heterocycles. The van der Waals surface area contributed by atoms with E-state index in [9.17, 15) is 9.59 Å². The minimum Gasteiger partial charge on any atom is -0.449 e. The zero-order chi connectivity index (χ0) is 14.3. The van der Waals surface area contributed by atoms with Crippen LogP contribution in [0.2, 0.25) is 0 Å². The molecule has 0 rings (SSSR count). The zero-order valence-corrected chi connectivity index (χ0v) is 12.2. The molecular formula is C13H25NO4. The molecule has 5 heteroatoms. The minimum absolute atomic E-state index is 0.231. The van der Waals surface area contributed by atoms with E-state index in [1.165, 1.54) is 0 Å². The number of carbonyl (C=O) groups is 2. The molecule has 2 amide bonds. The molecule has 0 aliphatic heterocycles. The number of amides is 2. The summed E-state index contributed by atoms with van der Waals surface area (Å²) in [5.74, 6) is 0.462. The van der Waals surface area contributed by atoms with Crippen LogP contribution >= 0.6 is 0 Å². The van der Waals surface area contributed by atoms with Crippen molar-refractivity contribution in [1.82, 2.24) is 4.90 Å². The third kappa shape index (κ3) is 6.47. The van der Waals surface area contributed by atoms with Crippen LogP contribution in [0.15, 0.2) is 0 Å². The van der Waals surface area contributed by atoms with Crippen molar-refractivity contribution >= 4 is 12.2 Å². The van der Waals surface area contributed by atoms with Gasteiger partial charge in [-0.2, -0.15) is 0 Å². The Balaban J connectivity index is 4.45. The number of carbonyl (C=O) groups excluding carboxylic acids is 2. The van der Waals surface area contributed by atoms with Gasteiger partial charge >= 0.3 is 12.2 Å². The average Bonchev–Trinajstić information content (AvgIpc) is 2.23. The van der Waals surface area contributed by atoms with E-state index in [0.29, 0.717) is 13.2 Å². The highest BCUT2D eigenvalue weighted by Crippen LogP contribution is 2.07. The summed E-state index contributed by atoms with van der Waals surface area (Å²) in [6, 6.07) is -0.288. The van der Waals surface area contributed by atoms with E-state index in [0.717, 1.165) is 4.90 Å². The number of imide groups is 1. The molecule has 0 aromatic carbocycles. The third-order valence-corrected chi connectivity index (χ3v) is 1.99. The van der Waals surface area contributed by atoms with Crippen LogP contribution in [0.5, 0.6) is 0 Å². The topological polar surface area (TPSA) is 55.8 Å². The van der Waals surface area contributed by atoms with Gasteiger partial charge in [-0.3, -0.25) is 0 Å². The van der Waals surface area contributed by atoms with Crippen molar-refractivity contribution in [3.05, 3.63) is 0 Å². The van der Waals surface area contributed by atoms with Crippen LogP contribution < -0.4 is 0 Å². The van der Waals surface area contributed by atoms with Gasteiger partial charge in [0.2, 0.25) is 0 Å². The Bertz CT molecular complexity index is 250. The van der Waals surface area contributed by atoms with Crippen LogP contribution in [-0.2, 0) is 9.47 Å². The highest BCUT2D eigenvalue weighted by molar-refractivity contribution is 5.88. The Morgan fingerprint density at radius 1 is 0.833 bits per heavy atom. The number of ether oxygens (including phenoxy) is 2. The van der Waals surface area contributed by atoms with Gasteiger partial charge < -0.3 is 9.47 Å². The van der Waals surface area contributed by atoms with Gasteiger partial charge in [0.25, 0.3) is 0 Å². The molecule has 106 valence electrons. The number of hydrogen-bond donors (Lipinski definition) is 0. The van der Waals surface area contributed by atoms with E-state index in [4.69, 9.17) is 9.47 Å². The summed E-state index contributed by atoms with van der Waals surface area (Å²) < 4.78 is 10.1. The summed E-state index contributed by atoms with van der Waals surface area (Å²) in [7, 11) is 0. The van der Waals surface area contributed by atoms with Crippen molar-refractivity contribution in [3.63, 3.8) is 0 Å². The molecule has 0 spiro atoms. The molecule has 0 fully saturated rings. The van der Waals surface area contributed by atoms with Gasteiger partial charge in [0.1, 0.15) is 0 Å². The molecule has 18 heavy (non-hydrogen) atoms. The van der Waals surface area contributed by atoms with Crippen LogP contribution in [0.4, 0.5) is 9.59 Å². The van der Waals surface area contributed by atoms with E-state index in [1.54, 1.807) is 13.8 Å². The Labute approximate surface area is 109 Å². The predicted octanol–water partition coefficient (Wildman–Crippen LogP) is 3.28. The molecule has 5 nitrogen and oxygen atoms in total. The van der Waals surface area contributed by atoms with Crippen molar-refractivity contribution < 1.29 is 19.1 Å². The number of nitrogens with zero attached hydrogens (tertiary/aromatic N) is 1. The Morgan fingerprint density at radius 3 is 1.39 bits per heavy atom. The molecule has 0 aliphatic carbocycles. The highest BCUT2D eigenvalue weighted by atomic mass is 16.6. The number of rotatable bonds is 5. The van der Waals surface area contributed by atoms with Crippen LogP contribution in [-0.4, -0.2) is 36.3 Å². The van der Waals surface area contributed by atoms with E-state index < -0.39 is 12.2 Å². The second-order valence-electron chi connectivity index (χ2n) is 5.41. The molecule has 0 atom stereocenters. The molecule has 0 saturated carbocycles. The normalized spacial score (nSPS) is 10.9. The first-order valence-electron chi connectivity index (χ1n) is 6.38. The van der Waals surface area contributed by atoms with Crippen molar-refractivity contribution in [2.24, 2.45) is 11.8 Å². The third-order valence-electron chi connectivity index (χ3n) is 1.99. The Morgan fingerprint density at radius 2 is 1.17 bits per heavy atom. The maximum Gasteiger partial charge on any atom is 0.419 e. The molecule has 0 bridgehead atoms. The smallest absolute Gasteiger partial charge is 0.419 e. The standard InChI is InChI=1S/C13H25NO4/c1-9(2)7-17-12(15)14(11(5)6)13(16)18-8-10(3)4/h9-11H,7-8H2,1-6H3. The molecule has 0 aromatic rings. The first-order chi connectivity index (χ1) is 8.25. The second kappa shape index (κ2) is 7.95. The lowest BCUT2D eigenvalue weighted by atomic mass is 10.2. The van der Waals surface area contributed by atoms with Crippen molar-refractivity contribution in [2.45, 2.75) is 47.6 Å². The van der Waals surface area contributed by atoms with Gasteiger partial charge in [-0.1, -0.05) is 27.7 Å². The number of hydrogen-bond acceptors (Lipinski definition) is 4. The molecule has 0 unspecified atom stereocenters. The summed E-state index contributed by atoms with van der Waals surface area (Å²) in [6.07, 6.45) is -1.29. The lowest BCUT2D eigenvalue weighted by Crippen LogP contribution is -2.43. The summed E-state index contributed by atoms with van der Waals surface area (Å²) >= 11 is 0. The zero-order valence-electron chi connectivity index (χ0n) is 12.2. The van der Waals surface area contributed by atoms with Gasteiger partial charge in [0, 0.05) is 6.04 Å². The summed E-state index contributed by atoms with van der Waals surface area (Å²) in [5, 5.41) is 0. The Hall–Kier alpha value is -1.26. The molecule has 0 aliphatic rings. The van der Waals surface area contributed by atoms with Crippen LogP contribution in [0.3, 0.4) is 0 Å². The van der Waals surface area contributed by atoms with Gasteiger partial charge in [-0.25, -0.2) is 14.5 Å².